The lowest BCUT2D eigenvalue weighted by atomic mass is 9.96. The summed E-state index contributed by atoms with van der Waals surface area (Å²) >= 11 is 1.47. The van der Waals surface area contributed by atoms with Crippen molar-refractivity contribution in [1.82, 2.24) is 15.2 Å². The molecule has 0 radical (unpaired) electrons. The van der Waals surface area contributed by atoms with Gasteiger partial charge in [0, 0.05) is 36.0 Å². The molecule has 1 N–H and O–H groups in total. The second kappa shape index (κ2) is 8.96. The Balaban J connectivity index is 1.12. The van der Waals surface area contributed by atoms with Crippen molar-refractivity contribution in [3.8, 4) is 10.6 Å². The van der Waals surface area contributed by atoms with Crippen molar-refractivity contribution in [1.29, 1.82) is 0 Å². The summed E-state index contributed by atoms with van der Waals surface area (Å²) in [5.41, 5.74) is 2.19. The van der Waals surface area contributed by atoms with E-state index in [-0.39, 0.29) is 11.8 Å². The largest absolute Gasteiger partial charge is 0.451 e. The fraction of sp³-hybridized carbons (Fsp3) is 0.240. The SMILES string of the molecule is O=C(NCC1CCN(C(=O)c2cc3ccccc3o2)CC1)c1csc(-c2ccccc2)n1. The zero-order valence-electron chi connectivity index (χ0n) is 17.5. The molecule has 0 atom stereocenters. The highest BCUT2D eigenvalue weighted by molar-refractivity contribution is 7.13. The number of rotatable bonds is 5. The van der Waals surface area contributed by atoms with E-state index in [1.54, 1.807) is 5.38 Å². The molecule has 6 nitrogen and oxygen atoms in total. The highest BCUT2D eigenvalue weighted by Crippen LogP contribution is 2.25. The molecule has 7 heteroatoms. The minimum Gasteiger partial charge on any atom is -0.451 e. The van der Waals surface area contributed by atoms with Crippen molar-refractivity contribution in [3.05, 3.63) is 77.5 Å². The summed E-state index contributed by atoms with van der Waals surface area (Å²) in [6.45, 7) is 1.90. The predicted molar refractivity (Wildman–Crippen MR) is 125 cm³/mol. The van der Waals surface area contributed by atoms with Crippen LogP contribution in [0.15, 0.2) is 70.5 Å². The van der Waals surface area contributed by atoms with E-state index in [2.05, 4.69) is 10.3 Å². The fourth-order valence-electron chi connectivity index (χ4n) is 4.00. The van der Waals surface area contributed by atoms with Crippen LogP contribution in [0.25, 0.3) is 21.5 Å². The van der Waals surface area contributed by atoms with Gasteiger partial charge < -0.3 is 14.6 Å². The summed E-state index contributed by atoms with van der Waals surface area (Å²) in [6.07, 6.45) is 1.69. The van der Waals surface area contributed by atoms with Gasteiger partial charge in [0.25, 0.3) is 11.8 Å². The van der Waals surface area contributed by atoms with Gasteiger partial charge in [-0.2, -0.15) is 0 Å². The molecule has 1 saturated heterocycles. The van der Waals surface area contributed by atoms with Crippen molar-refractivity contribution in [2.24, 2.45) is 5.92 Å². The Morgan fingerprint density at radius 1 is 1.06 bits per heavy atom. The smallest absolute Gasteiger partial charge is 0.289 e. The molecule has 1 aliphatic rings. The number of nitrogens with one attached hydrogen (secondary N) is 1. The average molecular weight is 446 g/mol. The van der Waals surface area contributed by atoms with E-state index < -0.39 is 0 Å². The quantitative estimate of drug-likeness (QED) is 0.477. The van der Waals surface area contributed by atoms with E-state index in [4.69, 9.17) is 4.42 Å². The number of piperidine rings is 1. The number of nitrogens with zero attached hydrogens (tertiary/aromatic N) is 2. The summed E-state index contributed by atoms with van der Waals surface area (Å²) < 4.78 is 5.72. The Morgan fingerprint density at radius 3 is 2.59 bits per heavy atom. The van der Waals surface area contributed by atoms with Gasteiger partial charge in [0.15, 0.2) is 5.76 Å². The number of likely N-dealkylation sites (tertiary alicyclic amines) is 1. The first-order chi connectivity index (χ1) is 15.7. The number of furan rings is 1. The molecule has 0 saturated carbocycles. The van der Waals surface area contributed by atoms with Gasteiger partial charge in [0.1, 0.15) is 16.3 Å². The number of aromatic nitrogens is 1. The Kier molecular flexibility index (Phi) is 5.73. The molecule has 0 unspecified atom stereocenters. The van der Waals surface area contributed by atoms with Crippen LogP contribution in [0, 0.1) is 5.92 Å². The van der Waals surface area contributed by atoms with Gasteiger partial charge in [-0.05, 0) is 30.9 Å². The van der Waals surface area contributed by atoms with E-state index in [0.717, 1.165) is 34.4 Å². The van der Waals surface area contributed by atoms with Gasteiger partial charge in [-0.15, -0.1) is 11.3 Å². The lowest BCUT2D eigenvalue weighted by Gasteiger charge is -2.31. The van der Waals surface area contributed by atoms with Crippen LogP contribution in [0.5, 0.6) is 0 Å². The van der Waals surface area contributed by atoms with E-state index in [1.165, 1.54) is 11.3 Å². The zero-order valence-corrected chi connectivity index (χ0v) is 18.3. The van der Waals surface area contributed by atoms with Crippen LogP contribution in [0.2, 0.25) is 0 Å². The summed E-state index contributed by atoms with van der Waals surface area (Å²) in [6, 6.07) is 19.3. The zero-order chi connectivity index (χ0) is 21.9. The second-order valence-corrected chi connectivity index (χ2v) is 8.86. The van der Waals surface area contributed by atoms with Gasteiger partial charge in [0.05, 0.1) is 0 Å². The maximum Gasteiger partial charge on any atom is 0.289 e. The molecular formula is C25H23N3O3S. The summed E-state index contributed by atoms with van der Waals surface area (Å²) in [7, 11) is 0. The molecule has 3 heterocycles. The topological polar surface area (TPSA) is 75.4 Å². The maximum atomic E-state index is 12.8. The minimum absolute atomic E-state index is 0.0698. The minimum atomic E-state index is -0.149. The number of thiazole rings is 1. The molecule has 0 spiro atoms. The molecule has 0 aliphatic carbocycles. The Labute approximate surface area is 189 Å². The molecule has 1 fully saturated rings. The normalized spacial score (nSPS) is 14.6. The number of carbonyl (C=O) groups excluding carboxylic acids is 2. The number of benzene rings is 2. The number of amides is 2. The average Bonchev–Trinajstić information content (AvgIpc) is 3.51. The van der Waals surface area contributed by atoms with Crippen LogP contribution in [-0.4, -0.2) is 41.3 Å². The molecule has 2 aromatic heterocycles. The van der Waals surface area contributed by atoms with Crippen LogP contribution in [0.4, 0.5) is 0 Å². The molecule has 32 heavy (non-hydrogen) atoms. The lowest BCUT2D eigenvalue weighted by Crippen LogP contribution is -2.41. The first kappa shape index (κ1) is 20.5. The van der Waals surface area contributed by atoms with E-state index in [9.17, 15) is 9.59 Å². The van der Waals surface area contributed by atoms with Crippen LogP contribution >= 0.6 is 11.3 Å². The summed E-state index contributed by atoms with van der Waals surface area (Å²) in [4.78, 5) is 31.6. The number of hydrogen-bond donors (Lipinski definition) is 1. The van der Waals surface area contributed by atoms with E-state index in [0.29, 0.717) is 37.0 Å². The molecule has 5 rings (SSSR count). The van der Waals surface area contributed by atoms with Crippen LogP contribution < -0.4 is 5.32 Å². The van der Waals surface area contributed by atoms with Crippen molar-refractivity contribution in [2.45, 2.75) is 12.8 Å². The van der Waals surface area contributed by atoms with Crippen LogP contribution in [0.1, 0.15) is 33.9 Å². The van der Waals surface area contributed by atoms with Gasteiger partial charge in [-0.25, -0.2) is 4.98 Å². The van der Waals surface area contributed by atoms with Crippen LogP contribution in [-0.2, 0) is 0 Å². The number of hydrogen-bond acceptors (Lipinski definition) is 5. The Hall–Kier alpha value is -3.45. The van der Waals surface area contributed by atoms with Gasteiger partial charge in [-0.1, -0.05) is 48.5 Å². The van der Waals surface area contributed by atoms with Crippen LogP contribution in [0.3, 0.4) is 0 Å². The summed E-state index contributed by atoms with van der Waals surface area (Å²) in [5.74, 6) is 0.505. The standard InChI is InChI=1S/C25H23N3O3S/c29-23(20-16-32-24(27-20)18-6-2-1-3-7-18)26-15-17-10-12-28(13-11-17)25(30)22-14-19-8-4-5-9-21(19)31-22/h1-9,14,16-17H,10-13,15H2,(H,26,29). The molecule has 0 bridgehead atoms. The fourth-order valence-corrected chi connectivity index (χ4v) is 4.81. The number of fused-ring (bicyclic) bond motifs is 1. The number of carbonyl (C=O) groups is 2. The third kappa shape index (κ3) is 4.29. The second-order valence-electron chi connectivity index (χ2n) is 8.00. The first-order valence-corrected chi connectivity index (χ1v) is 11.6. The molecule has 2 aromatic carbocycles. The van der Waals surface area contributed by atoms with Crippen molar-refractivity contribution in [2.75, 3.05) is 19.6 Å². The first-order valence-electron chi connectivity index (χ1n) is 10.7. The summed E-state index contributed by atoms with van der Waals surface area (Å²) in [5, 5.41) is 6.59. The van der Waals surface area contributed by atoms with E-state index in [1.807, 2.05) is 65.6 Å². The van der Waals surface area contributed by atoms with Crippen molar-refractivity contribution in [3.63, 3.8) is 0 Å². The molecule has 4 aromatic rings. The highest BCUT2D eigenvalue weighted by Gasteiger charge is 2.26. The molecular weight excluding hydrogens is 422 g/mol. The molecule has 2 amide bonds. The van der Waals surface area contributed by atoms with Gasteiger partial charge >= 0.3 is 0 Å². The molecule has 1 aliphatic heterocycles. The van der Waals surface area contributed by atoms with E-state index >= 15 is 0 Å². The van der Waals surface area contributed by atoms with Gasteiger partial charge in [0.2, 0.25) is 0 Å². The van der Waals surface area contributed by atoms with Gasteiger partial charge in [-0.3, -0.25) is 9.59 Å². The third-order valence-electron chi connectivity index (χ3n) is 5.85. The lowest BCUT2D eigenvalue weighted by molar-refractivity contribution is 0.0655. The third-order valence-corrected chi connectivity index (χ3v) is 6.74. The predicted octanol–water partition coefficient (Wildman–Crippen LogP) is 4.84. The highest BCUT2D eigenvalue weighted by atomic mass is 32.1. The van der Waals surface area contributed by atoms with Crippen molar-refractivity contribution >= 4 is 34.1 Å². The Bertz CT molecular complexity index is 1210. The maximum absolute atomic E-state index is 12.8. The number of para-hydroxylation sites is 1. The Morgan fingerprint density at radius 2 is 1.81 bits per heavy atom. The van der Waals surface area contributed by atoms with Crippen molar-refractivity contribution < 1.29 is 14.0 Å². The monoisotopic (exact) mass is 445 g/mol. The molecule has 162 valence electrons.